The van der Waals surface area contributed by atoms with Crippen LogP contribution in [0.1, 0.15) is 0 Å². The molecule has 5 nitrogen and oxygen atoms in total. The smallest absolute Gasteiger partial charge is 0.223 e. The molecule has 0 aliphatic rings. The average molecular weight is 321 g/mol. The van der Waals surface area contributed by atoms with Gasteiger partial charge in [-0.3, -0.25) is 0 Å². The Balaban J connectivity index is 3.03. The Labute approximate surface area is 99.4 Å². The minimum absolute atomic E-state index is 0.0953. The zero-order valence-corrected chi connectivity index (χ0v) is 9.77. The summed E-state index contributed by atoms with van der Waals surface area (Å²) in [5.41, 5.74) is 15.6. The summed E-state index contributed by atoms with van der Waals surface area (Å²) < 4.78 is 14.0. The summed E-state index contributed by atoms with van der Waals surface area (Å²) in [6.45, 7) is 0. The highest BCUT2D eigenvalue weighted by Gasteiger charge is 2.01. The summed E-state index contributed by atoms with van der Waals surface area (Å²) in [6, 6.07) is 4.53. The Kier molecular flexibility index (Phi) is 3.83. The monoisotopic (exact) mass is 321 g/mol. The molecular weight excluding hydrogens is 312 g/mol. The summed E-state index contributed by atoms with van der Waals surface area (Å²) in [6.07, 6.45) is 0. The van der Waals surface area contributed by atoms with Crippen LogP contribution in [0.3, 0.4) is 0 Å². The lowest BCUT2D eigenvalue weighted by molar-refractivity contribution is 0.629. The number of rotatable bonds is 1. The lowest BCUT2D eigenvalue weighted by Crippen LogP contribution is -2.26. The van der Waals surface area contributed by atoms with Crippen LogP contribution in [0.4, 0.5) is 10.1 Å². The Morgan fingerprint density at radius 2 is 1.93 bits per heavy atom. The van der Waals surface area contributed by atoms with Gasteiger partial charge in [0.2, 0.25) is 5.96 Å². The highest BCUT2D eigenvalue weighted by Crippen LogP contribution is 2.19. The van der Waals surface area contributed by atoms with Gasteiger partial charge in [0.1, 0.15) is 11.5 Å². The second kappa shape index (κ2) is 4.91. The van der Waals surface area contributed by atoms with Crippen molar-refractivity contribution < 1.29 is 4.39 Å². The number of nitrogens with two attached hydrogens (primary N) is 3. The summed E-state index contributed by atoms with van der Waals surface area (Å²) >= 11 is 1.99. The lowest BCUT2D eigenvalue weighted by Gasteiger charge is -1.98. The van der Waals surface area contributed by atoms with Crippen LogP contribution in [0, 0.1) is 9.39 Å². The molecule has 0 radical (unpaired) electrons. The van der Waals surface area contributed by atoms with E-state index in [1.807, 2.05) is 22.6 Å². The molecule has 1 aromatic carbocycles. The first-order valence-electron chi connectivity index (χ1n) is 3.88. The maximum atomic E-state index is 13.3. The van der Waals surface area contributed by atoms with Crippen LogP contribution in [0.5, 0.6) is 0 Å². The highest BCUT2D eigenvalue weighted by atomic mass is 127. The van der Waals surface area contributed by atoms with Crippen molar-refractivity contribution in [3.05, 3.63) is 27.6 Å². The van der Waals surface area contributed by atoms with Gasteiger partial charge in [0.25, 0.3) is 0 Å². The third-order valence-electron chi connectivity index (χ3n) is 1.39. The minimum atomic E-state index is -0.476. The summed E-state index contributed by atoms with van der Waals surface area (Å²) in [5.74, 6) is -0.882. The minimum Gasteiger partial charge on any atom is -0.370 e. The van der Waals surface area contributed by atoms with Crippen LogP contribution >= 0.6 is 22.6 Å². The Morgan fingerprint density at radius 1 is 1.27 bits per heavy atom. The van der Waals surface area contributed by atoms with Gasteiger partial charge in [0, 0.05) is 3.57 Å². The molecule has 0 saturated carbocycles. The average Bonchev–Trinajstić information content (AvgIpc) is 2.08. The van der Waals surface area contributed by atoms with Crippen LogP contribution in [0.15, 0.2) is 28.2 Å². The van der Waals surface area contributed by atoms with E-state index in [4.69, 9.17) is 17.2 Å². The summed E-state index contributed by atoms with van der Waals surface area (Å²) in [7, 11) is 0. The van der Waals surface area contributed by atoms with Gasteiger partial charge in [0.15, 0.2) is 5.96 Å². The number of halogens is 2. The molecule has 0 unspecified atom stereocenters. The predicted octanol–water partition coefficient (Wildman–Crippen LogP) is 0.650. The van der Waals surface area contributed by atoms with Gasteiger partial charge in [-0.15, -0.1) is 0 Å². The molecule has 0 aliphatic carbocycles. The van der Waals surface area contributed by atoms with E-state index in [-0.39, 0.29) is 17.6 Å². The maximum absolute atomic E-state index is 13.3. The number of hydrogen-bond acceptors (Lipinski definition) is 1. The van der Waals surface area contributed by atoms with Crippen LogP contribution in [0.25, 0.3) is 0 Å². The van der Waals surface area contributed by atoms with E-state index in [1.54, 1.807) is 6.07 Å². The molecule has 0 amide bonds. The fourth-order valence-electron chi connectivity index (χ4n) is 0.853. The van der Waals surface area contributed by atoms with Crippen molar-refractivity contribution in [3.8, 4) is 0 Å². The van der Waals surface area contributed by atoms with E-state index < -0.39 is 5.82 Å². The number of aliphatic imine (C=N–C) groups is 2. The van der Waals surface area contributed by atoms with E-state index in [0.717, 1.165) is 3.57 Å². The number of benzene rings is 1. The largest absolute Gasteiger partial charge is 0.370 e. The Hall–Kier alpha value is -1.38. The first-order chi connectivity index (χ1) is 6.99. The van der Waals surface area contributed by atoms with Crippen LogP contribution in [0.2, 0.25) is 0 Å². The second-order valence-electron chi connectivity index (χ2n) is 2.60. The quantitative estimate of drug-likeness (QED) is 0.402. The molecule has 0 aromatic heterocycles. The number of hydrogen-bond donors (Lipinski definition) is 3. The van der Waals surface area contributed by atoms with Crippen molar-refractivity contribution in [1.82, 2.24) is 0 Å². The van der Waals surface area contributed by atoms with Gasteiger partial charge in [-0.25, -0.2) is 9.38 Å². The lowest BCUT2D eigenvalue weighted by atomic mass is 10.3. The Bertz CT molecular complexity index is 425. The van der Waals surface area contributed by atoms with Gasteiger partial charge in [0.05, 0.1) is 0 Å². The topological polar surface area (TPSA) is 103 Å². The number of nitrogens with zero attached hydrogens (tertiary/aromatic N) is 2. The van der Waals surface area contributed by atoms with Gasteiger partial charge < -0.3 is 17.2 Å². The highest BCUT2D eigenvalue weighted by molar-refractivity contribution is 14.1. The first kappa shape index (κ1) is 11.7. The van der Waals surface area contributed by atoms with E-state index in [0.29, 0.717) is 0 Å². The van der Waals surface area contributed by atoms with Gasteiger partial charge >= 0.3 is 0 Å². The SMILES string of the molecule is NC(N)=NC(N)=Nc1ccc(I)cc1F. The molecule has 0 heterocycles. The maximum Gasteiger partial charge on any atom is 0.223 e. The third kappa shape index (κ3) is 3.70. The zero-order valence-electron chi connectivity index (χ0n) is 7.61. The molecule has 1 rings (SSSR count). The Morgan fingerprint density at radius 3 is 2.47 bits per heavy atom. The van der Waals surface area contributed by atoms with Gasteiger partial charge in [-0.2, -0.15) is 4.99 Å². The third-order valence-corrected chi connectivity index (χ3v) is 2.06. The predicted molar refractivity (Wildman–Crippen MR) is 66.2 cm³/mol. The van der Waals surface area contributed by atoms with Crippen molar-refractivity contribution >= 4 is 40.2 Å². The standard InChI is InChI=1S/C8H9FIN5/c9-5-3-4(10)1-2-6(5)14-8(13)15-7(11)12/h1-3H,(H6,11,12,13,14,15). The van der Waals surface area contributed by atoms with Gasteiger partial charge in [-0.1, -0.05) is 0 Å². The van der Waals surface area contributed by atoms with Crippen LogP contribution < -0.4 is 17.2 Å². The van der Waals surface area contributed by atoms with E-state index >= 15 is 0 Å². The first-order valence-corrected chi connectivity index (χ1v) is 4.96. The summed E-state index contributed by atoms with van der Waals surface area (Å²) in [4.78, 5) is 7.18. The van der Waals surface area contributed by atoms with Crippen LogP contribution in [-0.4, -0.2) is 11.9 Å². The molecule has 0 aliphatic heterocycles. The zero-order chi connectivity index (χ0) is 11.4. The molecule has 1 aromatic rings. The second-order valence-corrected chi connectivity index (χ2v) is 3.85. The van der Waals surface area contributed by atoms with E-state index in [9.17, 15) is 4.39 Å². The van der Waals surface area contributed by atoms with Crippen molar-refractivity contribution in [1.29, 1.82) is 0 Å². The molecule has 0 bridgehead atoms. The summed E-state index contributed by atoms with van der Waals surface area (Å²) in [5, 5.41) is 0. The van der Waals surface area contributed by atoms with Crippen molar-refractivity contribution in [2.75, 3.05) is 0 Å². The fraction of sp³-hybridized carbons (Fsp3) is 0. The molecule has 0 saturated heterocycles. The molecule has 7 heteroatoms. The van der Waals surface area contributed by atoms with Crippen LogP contribution in [-0.2, 0) is 0 Å². The molecule has 80 valence electrons. The molecule has 0 spiro atoms. The van der Waals surface area contributed by atoms with Gasteiger partial charge in [-0.05, 0) is 40.8 Å². The van der Waals surface area contributed by atoms with Crippen molar-refractivity contribution in [2.45, 2.75) is 0 Å². The number of guanidine groups is 2. The van der Waals surface area contributed by atoms with E-state index in [1.165, 1.54) is 12.1 Å². The molecular formula is C8H9FIN5. The fourth-order valence-corrected chi connectivity index (χ4v) is 1.31. The van der Waals surface area contributed by atoms with E-state index in [2.05, 4.69) is 9.98 Å². The molecule has 6 N–H and O–H groups in total. The molecule has 0 atom stereocenters. The normalized spacial score (nSPS) is 11.2. The molecule has 0 fully saturated rings. The van der Waals surface area contributed by atoms with Crippen molar-refractivity contribution in [2.24, 2.45) is 27.2 Å². The van der Waals surface area contributed by atoms with Crippen molar-refractivity contribution in [3.63, 3.8) is 0 Å². The molecule has 15 heavy (non-hydrogen) atoms.